The molecular formula is C13H12FN3O. The number of amides is 1. The molecule has 92 valence electrons. The number of nitrogens with one attached hydrogen (secondary N) is 1. The van der Waals surface area contributed by atoms with Gasteiger partial charge in [-0.1, -0.05) is 12.1 Å². The SMILES string of the molecule is NCc1cccc(C(=O)Nc2ccc(F)cn2)c1. The van der Waals surface area contributed by atoms with Crippen LogP contribution in [0.3, 0.4) is 0 Å². The lowest BCUT2D eigenvalue weighted by atomic mass is 10.1. The van der Waals surface area contributed by atoms with Crippen molar-refractivity contribution in [3.05, 3.63) is 59.5 Å². The largest absolute Gasteiger partial charge is 0.326 e. The molecule has 3 N–H and O–H groups in total. The minimum absolute atomic E-state index is 0.301. The fourth-order valence-corrected chi connectivity index (χ4v) is 1.48. The van der Waals surface area contributed by atoms with Crippen molar-refractivity contribution < 1.29 is 9.18 Å². The molecule has 0 saturated heterocycles. The van der Waals surface area contributed by atoms with Crippen LogP contribution in [0.1, 0.15) is 15.9 Å². The van der Waals surface area contributed by atoms with Crippen LogP contribution in [-0.4, -0.2) is 10.9 Å². The molecule has 1 amide bonds. The van der Waals surface area contributed by atoms with E-state index < -0.39 is 5.82 Å². The predicted octanol–water partition coefficient (Wildman–Crippen LogP) is 1.93. The summed E-state index contributed by atoms with van der Waals surface area (Å²) < 4.78 is 12.7. The molecule has 2 aromatic rings. The fraction of sp³-hybridized carbons (Fsp3) is 0.0769. The van der Waals surface area contributed by atoms with Crippen LogP contribution in [0.2, 0.25) is 0 Å². The van der Waals surface area contributed by atoms with Crippen LogP contribution in [0.25, 0.3) is 0 Å². The van der Waals surface area contributed by atoms with Gasteiger partial charge in [-0.2, -0.15) is 0 Å². The molecule has 0 spiro atoms. The van der Waals surface area contributed by atoms with Crippen molar-refractivity contribution in [2.45, 2.75) is 6.54 Å². The third kappa shape index (κ3) is 2.89. The Morgan fingerprint density at radius 1 is 1.33 bits per heavy atom. The van der Waals surface area contributed by atoms with Gasteiger partial charge in [0.15, 0.2) is 0 Å². The third-order valence-corrected chi connectivity index (χ3v) is 2.39. The summed E-state index contributed by atoms with van der Waals surface area (Å²) in [4.78, 5) is 15.6. The number of hydrogen-bond acceptors (Lipinski definition) is 3. The number of aromatic nitrogens is 1. The van der Waals surface area contributed by atoms with E-state index in [1.54, 1.807) is 18.2 Å². The van der Waals surface area contributed by atoms with E-state index in [0.717, 1.165) is 11.8 Å². The van der Waals surface area contributed by atoms with E-state index >= 15 is 0 Å². The molecule has 1 aromatic heterocycles. The lowest BCUT2D eigenvalue weighted by Gasteiger charge is -2.05. The number of nitrogens with zero attached hydrogens (tertiary/aromatic N) is 1. The van der Waals surface area contributed by atoms with E-state index in [9.17, 15) is 9.18 Å². The Balaban J connectivity index is 2.14. The number of carbonyl (C=O) groups is 1. The first kappa shape index (κ1) is 12.2. The molecule has 0 aliphatic rings. The Morgan fingerprint density at radius 3 is 2.83 bits per heavy atom. The molecule has 0 aliphatic heterocycles. The Morgan fingerprint density at radius 2 is 2.17 bits per heavy atom. The van der Waals surface area contributed by atoms with Crippen LogP contribution in [-0.2, 0) is 6.54 Å². The summed E-state index contributed by atoms with van der Waals surface area (Å²) in [7, 11) is 0. The predicted molar refractivity (Wildman–Crippen MR) is 66.5 cm³/mol. The number of pyridine rings is 1. The highest BCUT2D eigenvalue weighted by atomic mass is 19.1. The molecule has 0 fully saturated rings. The van der Waals surface area contributed by atoms with Gasteiger partial charge < -0.3 is 11.1 Å². The minimum Gasteiger partial charge on any atom is -0.326 e. The molecule has 0 unspecified atom stereocenters. The Kier molecular flexibility index (Phi) is 3.64. The third-order valence-electron chi connectivity index (χ3n) is 2.39. The molecule has 0 aliphatic carbocycles. The molecule has 1 heterocycles. The number of carbonyl (C=O) groups excluding carboxylic acids is 1. The molecule has 2 rings (SSSR count). The first-order valence-electron chi connectivity index (χ1n) is 5.41. The first-order valence-corrected chi connectivity index (χ1v) is 5.41. The smallest absolute Gasteiger partial charge is 0.256 e. The summed E-state index contributed by atoms with van der Waals surface area (Å²) in [6, 6.07) is 9.62. The van der Waals surface area contributed by atoms with E-state index in [1.807, 2.05) is 6.07 Å². The van der Waals surface area contributed by atoms with Crippen molar-refractivity contribution in [1.82, 2.24) is 4.98 Å². The first-order chi connectivity index (χ1) is 8.69. The molecule has 0 bridgehead atoms. The highest BCUT2D eigenvalue weighted by Crippen LogP contribution is 2.09. The average Bonchev–Trinajstić information content (AvgIpc) is 2.41. The number of anilines is 1. The van der Waals surface area contributed by atoms with Gasteiger partial charge in [0.2, 0.25) is 0 Å². The molecule has 0 atom stereocenters. The van der Waals surface area contributed by atoms with Crippen LogP contribution in [0.5, 0.6) is 0 Å². The van der Waals surface area contributed by atoms with E-state index in [1.165, 1.54) is 12.1 Å². The summed E-state index contributed by atoms with van der Waals surface area (Å²) in [6.45, 7) is 0.371. The van der Waals surface area contributed by atoms with Crippen LogP contribution < -0.4 is 11.1 Å². The van der Waals surface area contributed by atoms with Crippen molar-refractivity contribution in [1.29, 1.82) is 0 Å². The van der Waals surface area contributed by atoms with Gasteiger partial charge >= 0.3 is 0 Å². The average molecular weight is 245 g/mol. The van der Waals surface area contributed by atoms with Gasteiger partial charge in [0.1, 0.15) is 11.6 Å². The fourth-order valence-electron chi connectivity index (χ4n) is 1.48. The van der Waals surface area contributed by atoms with Crippen molar-refractivity contribution in [2.24, 2.45) is 5.73 Å². The highest BCUT2D eigenvalue weighted by molar-refractivity contribution is 6.03. The summed E-state index contributed by atoms with van der Waals surface area (Å²) >= 11 is 0. The summed E-state index contributed by atoms with van der Waals surface area (Å²) in [5.74, 6) is -0.443. The van der Waals surface area contributed by atoms with Gasteiger partial charge in [0, 0.05) is 12.1 Å². The second kappa shape index (κ2) is 5.37. The van der Waals surface area contributed by atoms with Crippen molar-refractivity contribution in [3.63, 3.8) is 0 Å². The molecular weight excluding hydrogens is 233 g/mol. The van der Waals surface area contributed by atoms with Gasteiger partial charge in [-0.25, -0.2) is 9.37 Å². The van der Waals surface area contributed by atoms with E-state index in [-0.39, 0.29) is 5.91 Å². The maximum atomic E-state index is 12.7. The topological polar surface area (TPSA) is 68.0 Å². The summed E-state index contributed by atoms with van der Waals surface area (Å²) in [6.07, 6.45) is 1.05. The molecule has 0 radical (unpaired) electrons. The summed E-state index contributed by atoms with van der Waals surface area (Å²) in [5, 5.41) is 2.58. The Labute approximate surface area is 104 Å². The molecule has 4 nitrogen and oxygen atoms in total. The van der Waals surface area contributed by atoms with E-state index in [4.69, 9.17) is 5.73 Å². The lowest BCUT2D eigenvalue weighted by Crippen LogP contribution is -2.13. The van der Waals surface area contributed by atoms with Crippen LogP contribution in [0, 0.1) is 5.82 Å². The molecule has 1 aromatic carbocycles. The van der Waals surface area contributed by atoms with Crippen LogP contribution in [0.4, 0.5) is 10.2 Å². The standard InChI is InChI=1S/C13H12FN3O/c14-11-4-5-12(16-8-11)17-13(18)10-3-1-2-9(6-10)7-15/h1-6,8H,7,15H2,(H,16,17,18). The van der Waals surface area contributed by atoms with Gasteiger partial charge in [0.25, 0.3) is 5.91 Å². The Bertz CT molecular complexity index is 554. The van der Waals surface area contributed by atoms with E-state index in [0.29, 0.717) is 17.9 Å². The normalized spacial score (nSPS) is 10.1. The monoisotopic (exact) mass is 245 g/mol. The highest BCUT2D eigenvalue weighted by Gasteiger charge is 2.07. The zero-order chi connectivity index (χ0) is 13.0. The van der Waals surface area contributed by atoms with Crippen LogP contribution in [0.15, 0.2) is 42.6 Å². The molecule has 18 heavy (non-hydrogen) atoms. The summed E-state index contributed by atoms with van der Waals surface area (Å²) in [5.41, 5.74) is 6.86. The maximum Gasteiger partial charge on any atom is 0.256 e. The number of halogens is 1. The maximum absolute atomic E-state index is 12.7. The second-order valence-corrected chi connectivity index (χ2v) is 3.72. The Hall–Kier alpha value is -2.27. The van der Waals surface area contributed by atoms with Crippen LogP contribution >= 0.6 is 0 Å². The van der Waals surface area contributed by atoms with Crippen molar-refractivity contribution in [2.75, 3.05) is 5.32 Å². The quantitative estimate of drug-likeness (QED) is 0.868. The van der Waals surface area contributed by atoms with E-state index in [2.05, 4.69) is 10.3 Å². The van der Waals surface area contributed by atoms with Gasteiger partial charge in [-0.05, 0) is 29.8 Å². The minimum atomic E-state index is -0.446. The van der Waals surface area contributed by atoms with Crippen molar-refractivity contribution >= 4 is 11.7 Å². The number of hydrogen-bond donors (Lipinski definition) is 2. The molecule has 5 heteroatoms. The van der Waals surface area contributed by atoms with Gasteiger partial charge in [-0.15, -0.1) is 0 Å². The van der Waals surface area contributed by atoms with Gasteiger partial charge in [0.05, 0.1) is 6.20 Å². The van der Waals surface area contributed by atoms with Crippen molar-refractivity contribution in [3.8, 4) is 0 Å². The number of nitrogens with two attached hydrogens (primary N) is 1. The second-order valence-electron chi connectivity index (χ2n) is 3.72. The zero-order valence-corrected chi connectivity index (χ0v) is 9.56. The number of rotatable bonds is 3. The number of benzene rings is 1. The zero-order valence-electron chi connectivity index (χ0n) is 9.56. The van der Waals surface area contributed by atoms with Gasteiger partial charge in [-0.3, -0.25) is 4.79 Å². The molecule has 0 saturated carbocycles. The lowest BCUT2D eigenvalue weighted by molar-refractivity contribution is 0.102.